The maximum atomic E-state index is 12.2. The Balaban J connectivity index is 1.51. The van der Waals surface area contributed by atoms with Gasteiger partial charge in [-0.25, -0.2) is 4.79 Å². The molecule has 0 unspecified atom stereocenters. The van der Waals surface area contributed by atoms with Gasteiger partial charge in [-0.15, -0.1) is 0 Å². The van der Waals surface area contributed by atoms with Gasteiger partial charge >= 0.3 is 12.0 Å². The molecular weight excluding hydrogens is 284 g/mol. The summed E-state index contributed by atoms with van der Waals surface area (Å²) in [4.78, 5) is 23.7. The molecule has 6 heteroatoms. The van der Waals surface area contributed by atoms with E-state index in [1.54, 1.807) is 6.26 Å². The van der Waals surface area contributed by atoms with E-state index in [0.29, 0.717) is 6.42 Å². The van der Waals surface area contributed by atoms with Gasteiger partial charge in [0, 0.05) is 18.0 Å². The predicted octanol–water partition coefficient (Wildman–Crippen LogP) is 2.30. The molecule has 0 bridgehead atoms. The molecular formula is C16H22N2O4. The Morgan fingerprint density at radius 3 is 2.95 bits per heavy atom. The molecule has 0 saturated heterocycles. The van der Waals surface area contributed by atoms with Crippen LogP contribution >= 0.6 is 0 Å². The van der Waals surface area contributed by atoms with Crippen molar-refractivity contribution in [1.29, 1.82) is 0 Å². The Hall–Kier alpha value is -1.98. The van der Waals surface area contributed by atoms with Gasteiger partial charge in [-0.2, -0.15) is 0 Å². The fourth-order valence-electron chi connectivity index (χ4n) is 3.52. The molecule has 1 heterocycles. The van der Waals surface area contributed by atoms with Gasteiger partial charge in [-0.05, 0) is 38.2 Å². The highest BCUT2D eigenvalue weighted by atomic mass is 16.5. The van der Waals surface area contributed by atoms with Crippen LogP contribution in [0.1, 0.15) is 49.5 Å². The Labute approximate surface area is 129 Å². The first-order valence-electron chi connectivity index (χ1n) is 7.88. The minimum Gasteiger partial charge on any atom is -0.469 e. The number of aryl methyl sites for hydroxylation is 1. The SMILES string of the molecule is COC(=O)[C@H]1CC[C@@H](NC(=O)N[C@H]2CCCc3occc32)C1. The summed E-state index contributed by atoms with van der Waals surface area (Å²) in [5, 5.41) is 5.99. The summed E-state index contributed by atoms with van der Waals surface area (Å²) in [5.74, 6) is 0.702. The molecule has 1 aromatic rings. The quantitative estimate of drug-likeness (QED) is 0.840. The first-order valence-corrected chi connectivity index (χ1v) is 7.88. The number of methoxy groups -OCH3 is 1. The molecule has 3 atom stereocenters. The summed E-state index contributed by atoms with van der Waals surface area (Å²) in [6, 6.07) is 1.81. The Morgan fingerprint density at radius 2 is 2.14 bits per heavy atom. The lowest BCUT2D eigenvalue weighted by molar-refractivity contribution is -0.145. The third kappa shape index (κ3) is 3.10. The average molecular weight is 306 g/mol. The number of nitrogens with one attached hydrogen (secondary N) is 2. The lowest BCUT2D eigenvalue weighted by Crippen LogP contribution is -2.43. The van der Waals surface area contributed by atoms with Crippen LogP contribution in [0, 0.1) is 5.92 Å². The number of urea groups is 1. The number of hydrogen-bond acceptors (Lipinski definition) is 4. The molecule has 2 N–H and O–H groups in total. The molecule has 3 rings (SSSR count). The zero-order valence-corrected chi connectivity index (χ0v) is 12.8. The highest BCUT2D eigenvalue weighted by Gasteiger charge is 2.32. The summed E-state index contributed by atoms with van der Waals surface area (Å²) in [7, 11) is 1.40. The fraction of sp³-hybridized carbons (Fsp3) is 0.625. The largest absolute Gasteiger partial charge is 0.469 e. The Kier molecular flexibility index (Phi) is 4.36. The molecule has 120 valence electrons. The molecule has 22 heavy (non-hydrogen) atoms. The van der Waals surface area contributed by atoms with Gasteiger partial charge in [0.2, 0.25) is 0 Å². The lowest BCUT2D eigenvalue weighted by Gasteiger charge is -2.24. The number of carbonyl (C=O) groups excluding carboxylic acids is 2. The minimum atomic E-state index is -0.181. The zero-order chi connectivity index (χ0) is 15.5. The van der Waals surface area contributed by atoms with Crippen LogP contribution in [0.3, 0.4) is 0 Å². The highest BCUT2D eigenvalue weighted by molar-refractivity contribution is 5.76. The second kappa shape index (κ2) is 6.42. The number of hydrogen-bond donors (Lipinski definition) is 2. The van der Waals surface area contributed by atoms with Crippen LogP contribution in [0.4, 0.5) is 4.79 Å². The molecule has 6 nitrogen and oxygen atoms in total. The Morgan fingerprint density at radius 1 is 1.27 bits per heavy atom. The van der Waals surface area contributed by atoms with Crippen molar-refractivity contribution in [3.05, 3.63) is 23.7 Å². The number of esters is 1. The smallest absolute Gasteiger partial charge is 0.315 e. The lowest BCUT2D eigenvalue weighted by atomic mass is 9.93. The van der Waals surface area contributed by atoms with Crippen molar-refractivity contribution in [3.63, 3.8) is 0 Å². The summed E-state index contributed by atoms with van der Waals surface area (Å²) in [6.07, 6.45) is 6.80. The van der Waals surface area contributed by atoms with Gasteiger partial charge in [-0.1, -0.05) is 0 Å². The van der Waals surface area contributed by atoms with Crippen LogP contribution in [0.2, 0.25) is 0 Å². The monoisotopic (exact) mass is 306 g/mol. The van der Waals surface area contributed by atoms with E-state index in [9.17, 15) is 9.59 Å². The molecule has 2 aliphatic rings. The number of amides is 2. The summed E-state index contributed by atoms with van der Waals surface area (Å²) in [6.45, 7) is 0. The van der Waals surface area contributed by atoms with Crippen molar-refractivity contribution in [3.8, 4) is 0 Å². The number of furan rings is 1. The van der Waals surface area contributed by atoms with Crippen LogP contribution in [0.25, 0.3) is 0 Å². The standard InChI is InChI=1S/C16H22N2O4/c1-21-15(19)10-5-6-11(9-10)17-16(20)18-13-3-2-4-14-12(13)7-8-22-14/h7-8,10-11,13H,2-6,9H2,1H3,(H2,17,18,20)/t10-,11+,13-/m0/s1. The first kappa shape index (κ1) is 14.9. The second-order valence-electron chi connectivity index (χ2n) is 6.09. The number of carbonyl (C=O) groups is 2. The van der Waals surface area contributed by atoms with E-state index in [4.69, 9.17) is 9.15 Å². The van der Waals surface area contributed by atoms with Gasteiger partial charge in [0.25, 0.3) is 0 Å². The Bertz CT molecular complexity index is 554. The number of ether oxygens (including phenoxy) is 1. The van der Waals surface area contributed by atoms with Crippen LogP contribution in [-0.4, -0.2) is 25.2 Å². The maximum Gasteiger partial charge on any atom is 0.315 e. The normalized spacial score (nSPS) is 27.0. The van der Waals surface area contributed by atoms with Gasteiger partial charge in [-0.3, -0.25) is 4.79 Å². The topological polar surface area (TPSA) is 80.6 Å². The second-order valence-corrected chi connectivity index (χ2v) is 6.09. The van der Waals surface area contributed by atoms with E-state index in [1.807, 2.05) is 6.07 Å². The fourth-order valence-corrected chi connectivity index (χ4v) is 3.52. The molecule has 0 aromatic carbocycles. The van der Waals surface area contributed by atoms with Crippen molar-refractivity contribution in [2.24, 2.45) is 5.92 Å². The highest BCUT2D eigenvalue weighted by Crippen LogP contribution is 2.30. The van der Waals surface area contributed by atoms with Crippen molar-refractivity contribution in [2.45, 2.75) is 50.6 Å². The molecule has 1 saturated carbocycles. The molecule has 0 aliphatic heterocycles. The van der Waals surface area contributed by atoms with E-state index in [1.165, 1.54) is 7.11 Å². The van der Waals surface area contributed by atoms with E-state index in [-0.39, 0.29) is 30.0 Å². The summed E-state index contributed by atoms with van der Waals surface area (Å²) < 4.78 is 10.2. The van der Waals surface area contributed by atoms with Crippen molar-refractivity contribution < 1.29 is 18.7 Å². The van der Waals surface area contributed by atoms with Gasteiger partial charge in [0.05, 0.1) is 25.3 Å². The molecule has 1 aromatic heterocycles. The molecule has 1 fully saturated rings. The minimum absolute atomic E-state index is 0.0142. The molecule has 0 spiro atoms. The predicted molar refractivity (Wildman–Crippen MR) is 79.2 cm³/mol. The third-order valence-electron chi connectivity index (χ3n) is 4.66. The van der Waals surface area contributed by atoms with Crippen molar-refractivity contribution >= 4 is 12.0 Å². The zero-order valence-electron chi connectivity index (χ0n) is 12.8. The van der Waals surface area contributed by atoms with E-state index < -0.39 is 0 Å². The first-order chi connectivity index (χ1) is 10.7. The van der Waals surface area contributed by atoms with Crippen LogP contribution in [-0.2, 0) is 16.0 Å². The average Bonchev–Trinajstić information content (AvgIpc) is 3.15. The molecule has 0 radical (unpaired) electrons. The number of fused-ring (bicyclic) bond motifs is 1. The summed E-state index contributed by atoms with van der Waals surface area (Å²) >= 11 is 0. The van der Waals surface area contributed by atoms with Crippen LogP contribution in [0.15, 0.2) is 16.7 Å². The third-order valence-corrected chi connectivity index (χ3v) is 4.66. The van der Waals surface area contributed by atoms with Crippen molar-refractivity contribution in [2.75, 3.05) is 7.11 Å². The van der Waals surface area contributed by atoms with E-state index in [0.717, 1.165) is 43.4 Å². The molecule has 2 aliphatic carbocycles. The van der Waals surface area contributed by atoms with Gasteiger partial charge in [0.15, 0.2) is 0 Å². The summed E-state index contributed by atoms with van der Waals surface area (Å²) in [5.41, 5.74) is 1.08. The van der Waals surface area contributed by atoms with Gasteiger partial charge < -0.3 is 19.8 Å². The van der Waals surface area contributed by atoms with E-state index in [2.05, 4.69) is 10.6 Å². The number of rotatable bonds is 3. The molecule has 2 amide bonds. The van der Waals surface area contributed by atoms with E-state index >= 15 is 0 Å². The maximum absolute atomic E-state index is 12.2. The van der Waals surface area contributed by atoms with Gasteiger partial charge in [0.1, 0.15) is 5.76 Å². The van der Waals surface area contributed by atoms with Crippen LogP contribution < -0.4 is 10.6 Å². The van der Waals surface area contributed by atoms with Crippen LogP contribution in [0.5, 0.6) is 0 Å². The van der Waals surface area contributed by atoms with Crippen molar-refractivity contribution in [1.82, 2.24) is 10.6 Å².